The smallest absolute Gasteiger partial charge is 0.268 e. The highest BCUT2D eigenvalue weighted by Gasteiger charge is 2.18. The van der Waals surface area contributed by atoms with Gasteiger partial charge in [-0.2, -0.15) is 5.26 Å². The number of amides is 1. The number of carbonyl (C=O) groups excluding carboxylic acids is 1. The molecule has 3 aromatic rings. The standard InChI is InChI=1S/C27H28ClN3O3/c1-20(2)34-26-14-11-23(17-25(26)28)27(32)31(30-16-6-15-29)18-21-9-12-24(13-10-21)33-19-22-7-4-3-5-8-22/h3-5,7-14,17,20,30H,6,16,18-19H2,1-2H3. The van der Waals surface area contributed by atoms with Gasteiger partial charge in [-0.3, -0.25) is 9.80 Å². The van der Waals surface area contributed by atoms with Gasteiger partial charge in [-0.05, 0) is 55.3 Å². The molecule has 0 unspecified atom stereocenters. The highest BCUT2D eigenvalue weighted by atomic mass is 35.5. The van der Waals surface area contributed by atoms with Crippen molar-refractivity contribution in [3.8, 4) is 17.6 Å². The van der Waals surface area contributed by atoms with Crippen molar-refractivity contribution in [2.75, 3.05) is 6.54 Å². The summed E-state index contributed by atoms with van der Waals surface area (Å²) < 4.78 is 11.5. The number of nitrogens with zero attached hydrogens (tertiary/aromatic N) is 2. The van der Waals surface area contributed by atoms with Crippen LogP contribution in [0.15, 0.2) is 72.8 Å². The molecule has 3 rings (SSSR count). The molecular weight excluding hydrogens is 450 g/mol. The monoisotopic (exact) mass is 477 g/mol. The lowest BCUT2D eigenvalue weighted by atomic mass is 10.1. The van der Waals surface area contributed by atoms with Crippen LogP contribution >= 0.6 is 11.6 Å². The summed E-state index contributed by atoms with van der Waals surface area (Å²) in [6.07, 6.45) is 0.251. The Kier molecular flexibility index (Phi) is 9.33. The van der Waals surface area contributed by atoms with E-state index >= 15 is 0 Å². The Morgan fingerprint density at radius 2 is 1.79 bits per heavy atom. The van der Waals surface area contributed by atoms with Gasteiger partial charge < -0.3 is 9.47 Å². The van der Waals surface area contributed by atoms with E-state index in [9.17, 15) is 4.79 Å². The van der Waals surface area contributed by atoms with Gasteiger partial charge in [-0.15, -0.1) is 0 Å². The zero-order valence-electron chi connectivity index (χ0n) is 19.3. The number of hydrogen-bond acceptors (Lipinski definition) is 5. The molecule has 0 aliphatic heterocycles. The van der Waals surface area contributed by atoms with Crippen LogP contribution in [0.4, 0.5) is 0 Å². The minimum atomic E-state index is -0.250. The Balaban J connectivity index is 1.68. The lowest BCUT2D eigenvalue weighted by Gasteiger charge is -2.24. The number of nitrogens with one attached hydrogen (secondary N) is 1. The number of carbonyl (C=O) groups is 1. The molecule has 3 aromatic carbocycles. The zero-order chi connectivity index (χ0) is 24.3. The molecule has 0 heterocycles. The molecule has 7 heteroatoms. The number of benzene rings is 3. The highest BCUT2D eigenvalue weighted by Crippen LogP contribution is 2.27. The van der Waals surface area contributed by atoms with E-state index in [-0.39, 0.29) is 18.4 Å². The quantitative estimate of drug-likeness (QED) is 0.280. The molecule has 176 valence electrons. The molecule has 1 amide bonds. The molecule has 0 aliphatic rings. The van der Waals surface area contributed by atoms with Crippen LogP contribution in [0, 0.1) is 11.3 Å². The van der Waals surface area contributed by atoms with Crippen molar-refractivity contribution < 1.29 is 14.3 Å². The van der Waals surface area contributed by atoms with Crippen LogP contribution in [0.25, 0.3) is 0 Å². The lowest BCUT2D eigenvalue weighted by molar-refractivity contribution is 0.0642. The SMILES string of the molecule is CC(C)Oc1ccc(C(=O)N(Cc2ccc(OCc3ccccc3)cc2)NCCC#N)cc1Cl. The van der Waals surface area contributed by atoms with Gasteiger partial charge in [0.25, 0.3) is 5.91 Å². The molecule has 0 radical (unpaired) electrons. The molecule has 0 atom stereocenters. The fraction of sp³-hybridized carbons (Fsp3) is 0.259. The minimum Gasteiger partial charge on any atom is -0.489 e. The minimum absolute atomic E-state index is 0.0251. The average Bonchev–Trinajstić information content (AvgIpc) is 2.84. The van der Waals surface area contributed by atoms with Crippen LogP contribution in [0.5, 0.6) is 11.5 Å². The largest absolute Gasteiger partial charge is 0.489 e. The van der Waals surface area contributed by atoms with E-state index in [1.165, 1.54) is 5.01 Å². The summed E-state index contributed by atoms with van der Waals surface area (Å²) in [5.41, 5.74) is 5.48. The van der Waals surface area contributed by atoms with E-state index in [4.69, 9.17) is 26.3 Å². The number of ether oxygens (including phenoxy) is 2. The first-order valence-electron chi connectivity index (χ1n) is 11.1. The van der Waals surface area contributed by atoms with Crippen molar-refractivity contribution in [1.82, 2.24) is 10.4 Å². The molecule has 0 saturated heterocycles. The second kappa shape index (κ2) is 12.6. The second-order valence-electron chi connectivity index (χ2n) is 7.94. The normalized spacial score (nSPS) is 10.6. The number of hydrazine groups is 1. The Bertz CT molecular complexity index is 1110. The van der Waals surface area contributed by atoms with Crippen LogP contribution in [0.1, 0.15) is 41.8 Å². The zero-order valence-corrected chi connectivity index (χ0v) is 20.1. The first-order chi connectivity index (χ1) is 16.5. The van der Waals surface area contributed by atoms with Crippen LogP contribution in [0.3, 0.4) is 0 Å². The number of halogens is 1. The Morgan fingerprint density at radius 3 is 2.44 bits per heavy atom. The van der Waals surface area contributed by atoms with Crippen LogP contribution < -0.4 is 14.9 Å². The predicted molar refractivity (Wildman–Crippen MR) is 133 cm³/mol. The molecule has 0 aliphatic carbocycles. The first kappa shape index (κ1) is 25.1. The maximum atomic E-state index is 13.2. The Hall–Kier alpha value is -3.53. The molecule has 6 nitrogen and oxygen atoms in total. The van der Waals surface area contributed by atoms with Gasteiger partial charge in [0.15, 0.2) is 0 Å². The van der Waals surface area contributed by atoms with Gasteiger partial charge in [0.1, 0.15) is 18.1 Å². The number of nitriles is 1. The van der Waals surface area contributed by atoms with Gasteiger partial charge in [-0.25, -0.2) is 5.43 Å². The molecular formula is C27H28ClN3O3. The average molecular weight is 478 g/mol. The van der Waals surface area contributed by atoms with Crippen molar-refractivity contribution in [3.63, 3.8) is 0 Å². The first-order valence-corrected chi connectivity index (χ1v) is 11.5. The predicted octanol–water partition coefficient (Wildman–Crippen LogP) is 5.77. The fourth-order valence-electron chi connectivity index (χ4n) is 3.20. The van der Waals surface area contributed by atoms with Gasteiger partial charge in [0.05, 0.1) is 23.7 Å². The maximum Gasteiger partial charge on any atom is 0.268 e. The molecule has 34 heavy (non-hydrogen) atoms. The van der Waals surface area contributed by atoms with E-state index in [0.29, 0.717) is 36.0 Å². The molecule has 0 saturated carbocycles. The summed E-state index contributed by atoms with van der Waals surface area (Å²) in [5.74, 6) is 1.03. The van der Waals surface area contributed by atoms with Gasteiger partial charge >= 0.3 is 0 Å². The van der Waals surface area contributed by atoms with E-state index in [0.717, 1.165) is 16.9 Å². The third kappa shape index (κ3) is 7.51. The van der Waals surface area contributed by atoms with Crippen molar-refractivity contribution in [2.45, 2.75) is 39.5 Å². The van der Waals surface area contributed by atoms with Gasteiger partial charge in [0, 0.05) is 18.5 Å². The van der Waals surface area contributed by atoms with Crippen LogP contribution in [-0.4, -0.2) is 23.6 Å². The van der Waals surface area contributed by atoms with Gasteiger partial charge in [-0.1, -0.05) is 54.1 Å². The molecule has 0 fully saturated rings. The number of hydrogen-bond donors (Lipinski definition) is 1. The van der Waals surface area contributed by atoms with Crippen molar-refractivity contribution in [2.24, 2.45) is 0 Å². The van der Waals surface area contributed by atoms with Crippen molar-refractivity contribution in [3.05, 3.63) is 94.5 Å². The lowest BCUT2D eigenvalue weighted by Crippen LogP contribution is -2.42. The summed E-state index contributed by atoms with van der Waals surface area (Å²) >= 11 is 6.33. The summed E-state index contributed by atoms with van der Waals surface area (Å²) in [6.45, 7) is 4.97. The summed E-state index contributed by atoms with van der Waals surface area (Å²) in [4.78, 5) is 13.2. The summed E-state index contributed by atoms with van der Waals surface area (Å²) in [7, 11) is 0. The summed E-state index contributed by atoms with van der Waals surface area (Å²) in [5, 5.41) is 10.8. The molecule has 1 N–H and O–H groups in total. The van der Waals surface area contributed by atoms with Crippen LogP contribution in [-0.2, 0) is 13.2 Å². The third-order valence-corrected chi connectivity index (χ3v) is 5.13. The van der Waals surface area contributed by atoms with Crippen molar-refractivity contribution in [1.29, 1.82) is 5.26 Å². The third-order valence-electron chi connectivity index (χ3n) is 4.84. The maximum absolute atomic E-state index is 13.2. The summed E-state index contributed by atoms with van der Waals surface area (Å²) in [6, 6.07) is 24.6. The van der Waals surface area contributed by atoms with E-state index in [2.05, 4.69) is 11.5 Å². The van der Waals surface area contributed by atoms with E-state index in [1.54, 1.807) is 18.2 Å². The molecule has 0 aromatic heterocycles. The molecule has 0 bridgehead atoms. The Morgan fingerprint density at radius 1 is 1.06 bits per heavy atom. The fourth-order valence-corrected chi connectivity index (χ4v) is 3.43. The van der Waals surface area contributed by atoms with Crippen molar-refractivity contribution >= 4 is 17.5 Å². The molecule has 0 spiro atoms. The van der Waals surface area contributed by atoms with Gasteiger partial charge in [0.2, 0.25) is 0 Å². The van der Waals surface area contributed by atoms with E-state index in [1.807, 2.05) is 68.4 Å². The van der Waals surface area contributed by atoms with Crippen LogP contribution in [0.2, 0.25) is 5.02 Å². The number of rotatable bonds is 11. The topological polar surface area (TPSA) is 74.6 Å². The van der Waals surface area contributed by atoms with E-state index < -0.39 is 0 Å². The highest BCUT2D eigenvalue weighted by molar-refractivity contribution is 6.32. The Labute approximate surface area is 205 Å². The second-order valence-corrected chi connectivity index (χ2v) is 8.34.